The fourth-order valence-corrected chi connectivity index (χ4v) is 4.35. The van der Waals surface area contributed by atoms with Crippen LogP contribution in [0.25, 0.3) is 33.3 Å². The number of hydrogen-bond donors (Lipinski definition) is 2. The van der Waals surface area contributed by atoms with Gasteiger partial charge in [0, 0.05) is 36.5 Å². The second-order valence-electron chi connectivity index (χ2n) is 10.3. The van der Waals surface area contributed by atoms with Gasteiger partial charge in [-0.2, -0.15) is 10.2 Å². The third kappa shape index (κ3) is 4.51. The van der Waals surface area contributed by atoms with Crippen molar-refractivity contribution in [2.45, 2.75) is 32.9 Å². The minimum absolute atomic E-state index is 0.0464. The Bertz CT molecular complexity index is 1880. The monoisotopic (exact) mass is 540 g/mol. The summed E-state index contributed by atoms with van der Waals surface area (Å²) in [6.07, 6.45) is 6.51. The number of nitrogens with zero attached hydrogens (tertiary/aromatic N) is 8. The van der Waals surface area contributed by atoms with E-state index in [9.17, 15) is 9.18 Å². The number of halogens is 1. The van der Waals surface area contributed by atoms with Crippen LogP contribution in [0.5, 0.6) is 0 Å². The van der Waals surface area contributed by atoms with Gasteiger partial charge in [0.05, 0.1) is 34.0 Å². The van der Waals surface area contributed by atoms with Crippen molar-refractivity contribution in [3.63, 3.8) is 0 Å². The van der Waals surface area contributed by atoms with E-state index in [-0.39, 0.29) is 34.4 Å². The summed E-state index contributed by atoms with van der Waals surface area (Å²) < 4.78 is 23.6. The van der Waals surface area contributed by atoms with Crippen LogP contribution in [-0.2, 0) is 19.1 Å². The van der Waals surface area contributed by atoms with Gasteiger partial charge in [-0.25, -0.2) is 19.3 Å². The largest absolute Gasteiger partial charge is 0.353 e. The highest BCUT2D eigenvalue weighted by Crippen LogP contribution is 2.34. The standard InChI is InChI=1S/C27H25FN10O2/c1-27(2,3)20-7-9-38(35-20)14-32-26(39)22-17-10-15(28)11-19(23(17)40-36-22)34-24-16(6-5-8-29-24)21-18-12-33-37(4)25(18)31-13-30-21/h5-13H,14H2,1-4H3,(H,29,34)(H,32,39). The highest BCUT2D eigenvalue weighted by atomic mass is 19.1. The van der Waals surface area contributed by atoms with E-state index in [1.54, 1.807) is 41.1 Å². The molecule has 0 saturated carbocycles. The molecule has 0 aliphatic rings. The third-order valence-electron chi connectivity index (χ3n) is 6.41. The van der Waals surface area contributed by atoms with E-state index in [1.807, 2.05) is 12.1 Å². The average Bonchev–Trinajstić information content (AvgIpc) is 3.66. The van der Waals surface area contributed by atoms with Crippen LogP contribution in [0.2, 0.25) is 0 Å². The molecule has 5 heterocycles. The molecular formula is C27H25FN10O2. The van der Waals surface area contributed by atoms with Crippen LogP contribution in [0, 0.1) is 5.82 Å². The normalized spacial score (nSPS) is 11.8. The fraction of sp³-hybridized carbons (Fsp3) is 0.222. The second-order valence-corrected chi connectivity index (χ2v) is 10.3. The van der Waals surface area contributed by atoms with Gasteiger partial charge in [0.25, 0.3) is 5.91 Å². The maximum absolute atomic E-state index is 14.8. The molecular weight excluding hydrogens is 515 g/mol. The number of fused-ring (bicyclic) bond motifs is 2. The minimum Gasteiger partial charge on any atom is -0.353 e. The molecule has 40 heavy (non-hydrogen) atoms. The predicted molar refractivity (Wildman–Crippen MR) is 145 cm³/mol. The summed E-state index contributed by atoms with van der Waals surface area (Å²) in [6.45, 7) is 6.28. The lowest BCUT2D eigenvalue weighted by Crippen LogP contribution is -2.27. The lowest BCUT2D eigenvalue weighted by atomic mass is 9.93. The van der Waals surface area contributed by atoms with E-state index in [1.165, 1.54) is 18.5 Å². The van der Waals surface area contributed by atoms with Crippen LogP contribution < -0.4 is 10.6 Å². The molecule has 0 atom stereocenters. The van der Waals surface area contributed by atoms with Gasteiger partial charge in [-0.3, -0.25) is 14.2 Å². The number of anilines is 2. The molecule has 0 unspecified atom stereocenters. The molecule has 6 rings (SSSR count). The smallest absolute Gasteiger partial charge is 0.275 e. The van der Waals surface area contributed by atoms with Crippen molar-refractivity contribution >= 4 is 39.4 Å². The van der Waals surface area contributed by atoms with Gasteiger partial charge in [-0.05, 0) is 24.3 Å². The van der Waals surface area contributed by atoms with Crippen LogP contribution in [-0.4, -0.2) is 45.6 Å². The van der Waals surface area contributed by atoms with Gasteiger partial charge in [-0.1, -0.05) is 25.9 Å². The van der Waals surface area contributed by atoms with Crippen LogP contribution >= 0.6 is 0 Å². The fourth-order valence-electron chi connectivity index (χ4n) is 4.35. The molecule has 12 nitrogen and oxygen atoms in total. The van der Waals surface area contributed by atoms with Gasteiger partial charge in [-0.15, -0.1) is 0 Å². The molecule has 1 aromatic carbocycles. The molecule has 0 saturated heterocycles. The van der Waals surface area contributed by atoms with E-state index in [0.29, 0.717) is 22.7 Å². The van der Waals surface area contributed by atoms with Crippen molar-refractivity contribution in [3.05, 3.63) is 72.5 Å². The van der Waals surface area contributed by atoms with E-state index in [2.05, 4.69) is 61.7 Å². The van der Waals surface area contributed by atoms with Crippen molar-refractivity contribution in [2.75, 3.05) is 5.32 Å². The molecule has 202 valence electrons. The first kappa shape index (κ1) is 25.1. The zero-order valence-electron chi connectivity index (χ0n) is 22.2. The van der Waals surface area contributed by atoms with E-state index < -0.39 is 11.7 Å². The Morgan fingerprint density at radius 2 is 1.98 bits per heavy atom. The number of benzene rings is 1. The first-order chi connectivity index (χ1) is 19.2. The summed E-state index contributed by atoms with van der Waals surface area (Å²) >= 11 is 0. The first-order valence-electron chi connectivity index (χ1n) is 12.5. The molecule has 0 aliphatic carbocycles. The molecule has 5 aromatic heterocycles. The van der Waals surface area contributed by atoms with E-state index in [0.717, 1.165) is 11.1 Å². The van der Waals surface area contributed by atoms with Crippen LogP contribution in [0.15, 0.2) is 59.8 Å². The summed E-state index contributed by atoms with van der Waals surface area (Å²) in [5.74, 6) is -0.709. The SMILES string of the molecule is Cn1ncc2c(-c3cccnc3Nc3cc(F)cc4c(C(=O)NCn5ccc(C(C)(C)C)n5)noc34)ncnc21. The number of rotatable bonds is 6. The van der Waals surface area contributed by atoms with Crippen molar-refractivity contribution in [3.8, 4) is 11.3 Å². The number of carbonyl (C=O) groups excluding carboxylic acids is 1. The lowest BCUT2D eigenvalue weighted by molar-refractivity contribution is 0.0932. The molecule has 0 radical (unpaired) electrons. The predicted octanol–water partition coefficient (Wildman–Crippen LogP) is 4.33. The topological polar surface area (TPSA) is 141 Å². The van der Waals surface area contributed by atoms with E-state index >= 15 is 0 Å². The molecule has 0 spiro atoms. The van der Waals surface area contributed by atoms with Crippen LogP contribution in [0.4, 0.5) is 15.9 Å². The molecule has 0 fully saturated rings. The number of aryl methyl sites for hydroxylation is 1. The summed E-state index contributed by atoms with van der Waals surface area (Å²) in [7, 11) is 1.79. The zero-order valence-corrected chi connectivity index (χ0v) is 22.2. The number of hydrogen-bond acceptors (Lipinski definition) is 9. The third-order valence-corrected chi connectivity index (χ3v) is 6.41. The van der Waals surface area contributed by atoms with Crippen molar-refractivity contribution in [1.82, 2.24) is 45.0 Å². The molecule has 0 aliphatic heterocycles. The molecule has 0 bridgehead atoms. The zero-order chi connectivity index (χ0) is 28.0. The molecule has 1 amide bonds. The van der Waals surface area contributed by atoms with Crippen LogP contribution in [0.3, 0.4) is 0 Å². The summed E-state index contributed by atoms with van der Waals surface area (Å²) in [5, 5.41) is 19.5. The van der Waals surface area contributed by atoms with E-state index in [4.69, 9.17) is 4.52 Å². The Hall–Kier alpha value is -5.20. The lowest BCUT2D eigenvalue weighted by Gasteiger charge is -2.14. The highest BCUT2D eigenvalue weighted by Gasteiger charge is 2.22. The summed E-state index contributed by atoms with van der Waals surface area (Å²) in [6, 6.07) is 7.97. The number of carbonyl (C=O) groups is 1. The van der Waals surface area contributed by atoms with Crippen LogP contribution in [0.1, 0.15) is 37.0 Å². The van der Waals surface area contributed by atoms with Gasteiger partial charge in [0.1, 0.15) is 24.6 Å². The molecule has 6 aromatic rings. The van der Waals surface area contributed by atoms with Gasteiger partial charge in [0.2, 0.25) is 0 Å². The molecule has 13 heteroatoms. The van der Waals surface area contributed by atoms with Crippen molar-refractivity contribution in [1.29, 1.82) is 0 Å². The number of aromatic nitrogens is 8. The highest BCUT2D eigenvalue weighted by molar-refractivity contribution is 6.07. The Morgan fingerprint density at radius 1 is 1.12 bits per heavy atom. The summed E-state index contributed by atoms with van der Waals surface area (Å²) in [4.78, 5) is 26.2. The van der Waals surface area contributed by atoms with Gasteiger partial charge < -0.3 is 15.2 Å². The van der Waals surface area contributed by atoms with Crippen molar-refractivity contribution in [2.24, 2.45) is 7.05 Å². The number of nitrogens with one attached hydrogen (secondary N) is 2. The Kier molecular flexibility index (Phi) is 5.97. The maximum atomic E-state index is 14.8. The second kappa shape index (κ2) is 9.52. The minimum atomic E-state index is -0.580. The first-order valence-corrected chi connectivity index (χ1v) is 12.5. The van der Waals surface area contributed by atoms with Gasteiger partial charge in [0.15, 0.2) is 16.9 Å². The Morgan fingerprint density at radius 3 is 2.77 bits per heavy atom. The van der Waals surface area contributed by atoms with Crippen molar-refractivity contribution < 1.29 is 13.7 Å². The quantitative estimate of drug-likeness (QED) is 0.316. The molecule has 2 N–H and O–H groups in total. The average molecular weight is 541 g/mol. The maximum Gasteiger partial charge on any atom is 0.275 e. The Labute approximate surface area is 227 Å². The number of pyridine rings is 1. The Balaban J connectivity index is 1.30. The number of amides is 1. The summed E-state index contributed by atoms with van der Waals surface area (Å²) in [5.41, 5.74) is 3.08. The van der Waals surface area contributed by atoms with Gasteiger partial charge >= 0.3 is 0 Å².